The number of rotatable bonds is 38. The molecule has 0 radical (unpaired) electrons. The van der Waals surface area contributed by atoms with Crippen molar-refractivity contribution in [1.82, 2.24) is 0 Å². The lowest BCUT2D eigenvalue weighted by Crippen LogP contribution is -2.23. The topological polar surface area (TPSA) is 89.9 Å². The first kappa shape index (κ1) is 48.4. The molecule has 0 unspecified atom stereocenters. The van der Waals surface area contributed by atoms with Crippen LogP contribution < -0.4 is 0 Å². The summed E-state index contributed by atoms with van der Waals surface area (Å²) in [6, 6.07) is 0. The summed E-state index contributed by atoms with van der Waals surface area (Å²) in [5.74, 6) is -1.85. The molecule has 0 aromatic rings. The summed E-state index contributed by atoms with van der Waals surface area (Å²) in [6.07, 6.45) is 49.8. The third-order valence-corrected chi connectivity index (χ3v) is 9.12. The van der Waals surface area contributed by atoms with Gasteiger partial charge in [0.1, 0.15) is 6.10 Å². The molecule has 0 saturated carbocycles. The number of unbranched alkanes of at least 4 members (excludes halogenated alkanes) is 19. The van der Waals surface area contributed by atoms with Crippen molar-refractivity contribution in [2.75, 3.05) is 6.61 Å². The van der Waals surface area contributed by atoms with Crippen LogP contribution in [0.4, 0.5) is 0 Å². The first-order valence-corrected chi connectivity index (χ1v) is 21.2. The average Bonchev–Trinajstić information content (AvgIpc) is 3.11. The second-order valence-corrected chi connectivity index (χ2v) is 14.1. The molecule has 6 nitrogen and oxygen atoms in total. The quantitative estimate of drug-likeness (QED) is 0.0389. The summed E-state index contributed by atoms with van der Waals surface area (Å²) < 4.78 is 10.9. The maximum Gasteiger partial charge on any atom is 0.344 e. The molecule has 0 heterocycles. The molecule has 0 aliphatic heterocycles. The lowest BCUT2D eigenvalue weighted by molar-refractivity contribution is -0.163. The number of hydrogen-bond acceptors (Lipinski definition) is 5. The molecule has 0 saturated heterocycles. The van der Waals surface area contributed by atoms with Crippen LogP contribution in [0.15, 0.2) is 48.6 Å². The first-order chi connectivity index (χ1) is 25.0. The van der Waals surface area contributed by atoms with Crippen molar-refractivity contribution in [3.8, 4) is 0 Å². The van der Waals surface area contributed by atoms with Crippen molar-refractivity contribution in [3.05, 3.63) is 48.6 Å². The van der Waals surface area contributed by atoms with Crippen molar-refractivity contribution >= 4 is 17.9 Å². The highest BCUT2D eigenvalue weighted by Gasteiger charge is 2.16. The number of esters is 2. The van der Waals surface area contributed by atoms with Crippen LogP contribution in [-0.2, 0) is 23.9 Å². The van der Waals surface area contributed by atoms with Gasteiger partial charge in [0, 0.05) is 12.8 Å². The van der Waals surface area contributed by atoms with Crippen molar-refractivity contribution in [2.45, 2.75) is 213 Å². The Morgan fingerprint density at radius 2 is 0.863 bits per heavy atom. The number of hydrogen-bond donors (Lipinski definition) is 1. The van der Waals surface area contributed by atoms with Crippen LogP contribution in [0.1, 0.15) is 206 Å². The van der Waals surface area contributed by atoms with Gasteiger partial charge in [0.2, 0.25) is 0 Å². The van der Waals surface area contributed by atoms with Gasteiger partial charge >= 0.3 is 17.9 Å². The Morgan fingerprint density at radius 3 is 1.29 bits per heavy atom. The maximum absolute atomic E-state index is 12.5. The number of aliphatic carboxylic acids is 1. The first-order valence-electron chi connectivity index (χ1n) is 21.2. The van der Waals surface area contributed by atoms with E-state index < -0.39 is 17.9 Å². The molecule has 294 valence electrons. The van der Waals surface area contributed by atoms with E-state index in [0.29, 0.717) is 12.8 Å². The zero-order valence-electron chi connectivity index (χ0n) is 33.1. The molecule has 0 aromatic heterocycles. The Balaban J connectivity index is 4.26. The molecule has 0 rings (SSSR count). The van der Waals surface area contributed by atoms with E-state index in [2.05, 4.69) is 62.5 Å². The van der Waals surface area contributed by atoms with Crippen molar-refractivity contribution in [2.24, 2.45) is 0 Å². The van der Waals surface area contributed by atoms with Crippen LogP contribution in [0.2, 0.25) is 0 Å². The molecule has 1 N–H and O–H groups in total. The fraction of sp³-hybridized carbons (Fsp3) is 0.756. The number of allylic oxidation sites excluding steroid dienone is 8. The minimum atomic E-state index is -0.877. The molecule has 0 aliphatic carbocycles. The lowest BCUT2D eigenvalue weighted by atomic mass is 10.0. The number of ether oxygens (including phenoxy) is 2. The maximum atomic E-state index is 12.5. The standard InChI is InChI=1S/C45H78O6/c1-3-5-7-9-11-13-15-17-19-21-23-25-27-29-31-33-37-42(51-45(49)41-50-44(48)40-36-35-39-43(46)47)38-34-32-30-28-26-24-22-20-18-16-14-12-10-8-6-4-2/h11-14,17-20,42H,3-10,15-16,21-41H2,1-2H3,(H,46,47)/b13-11-,14-12-,19-17-,20-18-. The Hall–Kier alpha value is -2.63. The van der Waals surface area contributed by atoms with E-state index >= 15 is 0 Å². The monoisotopic (exact) mass is 715 g/mol. The van der Waals surface area contributed by atoms with Gasteiger partial charge in [-0.1, -0.05) is 140 Å². The fourth-order valence-electron chi connectivity index (χ4n) is 5.96. The largest absolute Gasteiger partial charge is 0.481 e. The average molecular weight is 715 g/mol. The molecule has 6 heteroatoms. The highest BCUT2D eigenvalue weighted by atomic mass is 16.6. The van der Waals surface area contributed by atoms with Gasteiger partial charge in [0.25, 0.3) is 0 Å². The van der Waals surface area contributed by atoms with E-state index in [0.717, 1.165) is 64.2 Å². The van der Waals surface area contributed by atoms with Crippen molar-refractivity contribution < 1.29 is 29.0 Å². The molecular weight excluding hydrogens is 636 g/mol. The van der Waals surface area contributed by atoms with E-state index in [9.17, 15) is 14.4 Å². The molecular formula is C45H78O6. The third-order valence-electron chi connectivity index (χ3n) is 9.12. The number of carbonyl (C=O) groups is 3. The van der Waals surface area contributed by atoms with Crippen molar-refractivity contribution in [3.63, 3.8) is 0 Å². The molecule has 0 amide bonds. The van der Waals surface area contributed by atoms with Gasteiger partial charge < -0.3 is 14.6 Å². The summed E-state index contributed by atoms with van der Waals surface area (Å²) in [5.41, 5.74) is 0. The van der Waals surface area contributed by atoms with E-state index in [4.69, 9.17) is 14.6 Å². The molecule has 0 spiro atoms. The van der Waals surface area contributed by atoms with Crippen LogP contribution in [0.25, 0.3) is 0 Å². The van der Waals surface area contributed by atoms with Crippen LogP contribution in [0, 0.1) is 0 Å². The summed E-state index contributed by atoms with van der Waals surface area (Å²) in [7, 11) is 0. The SMILES string of the molecule is CCCCC/C=C\C/C=C\CCCCCCCCC(CCCCCCCC/C=C\C/C=C\CCCCC)OC(=O)COC(=O)CCCCC(=O)O. The fourth-order valence-corrected chi connectivity index (χ4v) is 5.96. The van der Waals surface area contributed by atoms with Gasteiger partial charge in [-0.15, -0.1) is 0 Å². The normalized spacial score (nSPS) is 12.0. The highest BCUT2D eigenvalue weighted by Crippen LogP contribution is 2.18. The van der Waals surface area contributed by atoms with E-state index in [-0.39, 0.29) is 25.6 Å². The molecule has 0 aromatic carbocycles. The Kier molecular flexibility index (Phi) is 38.1. The molecule has 0 bridgehead atoms. The van der Waals surface area contributed by atoms with Gasteiger partial charge in [-0.25, -0.2) is 4.79 Å². The van der Waals surface area contributed by atoms with Crippen LogP contribution in [-0.4, -0.2) is 35.7 Å². The van der Waals surface area contributed by atoms with Crippen LogP contribution in [0.5, 0.6) is 0 Å². The molecule has 0 aliphatic rings. The second-order valence-electron chi connectivity index (χ2n) is 14.1. The Morgan fingerprint density at radius 1 is 0.471 bits per heavy atom. The second kappa shape index (κ2) is 40.1. The van der Waals surface area contributed by atoms with Gasteiger partial charge in [-0.05, 0) is 103 Å². The van der Waals surface area contributed by atoms with Gasteiger partial charge in [0.15, 0.2) is 6.61 Å². The zero-order valence-corrected chi connectivity index (χ0v) is 33.1. The minimum Gasteiger partial charge on any atom is -0.481 e. The van der Waals surface area contributed by atoms with E-state index in [1.807, 2.05) is 0 Å². The van der Waals surface area contributed by atoms with Crippen LogP contribution >= 0.6 is 0 Å². The lowest BCUT2D eigenvalue weighted by Gasteiger charge is -2.18. The summed E-state index contributed by atoms with van der Waals surface area (Å²) in [6.45, 7) is 4.11. The number of carboxylic acid groups (broad SMARTS) is 1. The predicted molar refractivity (Wildman–Crippen MR) is 215 cm³/mol. The number of carbonyl (C=O) groups excluding carboxylic acids is 2. The van der Waals surface area contributed by atoms with E-state index in [1.54, 1.807) is 0 Å². The van der Waals surface area contributed by atoms with Crippen molar-refractivity contribution in [1.29, 1.82) is 0 Å². The van der Waals surface area contributed by atoms with Gasteiger partial charge in [-0.3, -0.25) is 9.59 Å². The van der Waals surface area contributed by atoms with Gasteiger partial charge in [0.05, 0.1) is 0 Å². The summed E-state index contributed by atoms with van der Waals surface area (Å²) in [4.78, 5) is 35.1. The van der Waals surface area contributed by atoms with E-state index in [1.165, 1.54) is 103 Å². The summed E-state index contributed by atoms with van der Waals surface area (Å²) >= 11 is 0. The minimum absolute atomic E-state index is 0.0282. The van der Waals surface area contributed by atoms with Gasteiger partial charge in [-0.2, -0.15) is 0 Å². The Bertz CT molecular complexity index is 870. The molecule has 0 fully saturated rings. The smallest absolute Gasteiger partial charge is 0.344 e. The molecule has 51 heavy (non-hydrogen) atoms. The van der Waals surface area contributed by atoms with Crippen LogP contribution in [0.3, 0.4) is 0 Å². The zero-order chi connectivity index (χ0) is 37.3. The molecule has 0 atom stereocenters. The third kappa shape index (κ3) is 40.0. The Labute approximate surface area is 314 Å². The number of carboxylic acids is 1. The highest BCUT2D eigenvalue weighted by molar-refractivity contribution is 5.76. The predicted octanol–water partition coefficient (Wildman–Crippen LogP) is 13.5. The summed E-state index contributed by atoms with van der Waals surface area (Å²) in [5, 5.41) is 8.73.